The molecular weight excluding hydrogens is 375 g/mol. The van der Waals surface area contributed by atoms with Crippen LogP contribution in [-0.4, -0.2) is 61.1 Å². The Morgan fingerprint density at radius 2 is 1.90 bits per heavy atom. The van der Waals surface area contributed by atoms with E-state index in [2.05, 4.69) is 49.7 Å². The van der Waals surface area contributed by atoms with E-state index in [0.29, 0.717) is 6.04 Å². The van der Waals surface area contributed by atoms with Crippen molar-refractivity contribution in [3.8, 4) is 0 Å². The van der Waals surface area contributed by atoms with E-state index in [4.69, 9.17) is 4.99 Å². The van der Waals surface area contributed by atoms with Crippen molar-refractivity contribution in [1.29, 1.82) is 0 Å². The highest BCUT2D eigenvalue weighted by Crippen LogP contribution is 2.15. The highest BCUT2D eigenvalue weighted by molar-refractivity contribution is 14.0. The Morgan fingerprint density at radius 1 is 1.29 bits per heavy atom. The maximum atomic E-state index is 4.82. The van der Waals surface area contributed by atoms with E-state index in [-0.39, 0.29) is 24.0 Å². The van der Waals surface area contributed by atoms with Gasteiger partial charge in [-0.1, -0.05) is 13.8 Å². The quantitative estimate of drug-likeness (QED) is 0.415. The second kappa shape index (κ2) is 11.5. The minimum atomic E-state index is 0. The van der Waals surface area contributed by atoms with Crippen molar-refractivity contribution >= 4 is 29.9 Å². The third-order valence-electron chi connectivity index (χ3n) is 4.20. The Bertz CT molecular complexity index is 286. The van der Waals surface area contributed by atoms with E-state index >= 15 is 0 Å². The molecule has 1 saturated heterocycles. The molecule has 1 aliphatic rings. The van der Waals surface area contributed by atoms with Crippen LogP contribution in [0.3, 0.4) is 0 Å². The number of piperidine rings is 1. The Hall–Kier alpha value is -0.0400. The van der Waals surface area contributed by atoms with Crippen LogP contribution in [0.25, 0.3) is 0 Å². The van der Waals surface area contributed by atoms with Crippen LogP contribution in [0, 0.1) is 5.92 Å². The number of guanidine groups is 1. The van der Waals surface area contributed by atoms with Crippen molar-refractivity contribution in [3.05, 3.63) is 0 Å². The number of likely N-dealkylation sites (N-methyl/N-ethyl adjacent to an activating group) is 1. The lowest BCUT2D eigenvalue weighted by Gasteiger charge is -2.33. The molecule has 0 bridgehead atoms. The molecule has 0 spiro atoms. The Balaban J connectivity index is 0.00000400. The van der Waals surface area contributed by atoms with E-state index in [9.17, 15) is 0 Å². The third-order valence-corrected chi connectivity index (χ3v) is 4.20. The number of nitrogens with zero attached hydrogens (tertiary/aromatic N) is 3. The largest absolute Gasteiger partial charge is 0.357 e. The van der Waals surface area contributed by atoms with Crippen molar-refractivity contribution < 1.29 is 0 Å². The maximum absolute atomic E-state index is 4.82. The Labute approximate surface area is 148 Å². The number of halogens is 1. The van der Waals surface area contributed by atoms with Crippen LogP contribution in [0.2, 0.25) is 0 Å². The maximum Gasteiger partial charge on any atom is 0.193 e. The van der Waals surface area contributed by atoms with Crippen molar-refractivity contribution in [2.24, 2.45) is 10.9 Å². The van der Waals surface area contributed by atoms with Gasteiger partial charge in [-0.2, -0.15) is 0 Å². The predicted octanol–water partition coefficient (Wildman–Crippen LogP) is 3.03. The number of hydrogen-bond donors (Lipinski definition) is 1. The first kappa shape index (κ1) is 21.0. The average molecular weight is 410 g/mol. The molecule has 1 rings (SSSR count). The third kappa shape index (κ3) is 7.68. The summed E-state index contributed by atoms with van der Waals surface area (Å²) in [6.45, 7) is 17.5. The van der Waals surface area contributed by atoms with Crippen LogP contribution in [0.1, 0.15) is 47.5 Å². The highest BCUT2D eigenvalue weighted by Gasteiger charge is 2.18. The Morgan fingerprint density at radius 3 is 2.38 bits per heavy atom. The smallest absolute Gasteiger partial charge is 0.193 e. The summed E-state index contributed by atoms with van der Waals surface area (Å²) in [5, 5.41) is 3.45. The molecule has 1 N–H and O–H groups in total. The second-order valence-corrected chi connectivity index (χ2v) is 6.13. The fraction of sp³-hybridized carbons (Fsp3) is 0.938. The first-order chi connectivity index (χ1) is 9.58. The van der Waals surface area contributed by atoms with Crippen molar-refractivity contribution in [2.75, 3.05) is 39.3 Å². The molecule has 0 aromatic rings. The molecule has 0 aliphatic carbocycles. The summed E-state index contributed by atoms with van der Waals surface area (Å²) >= 11 is 0. The minimum absolute atomic E-state index is 0. The molecule has 0 unspecified atom stereocenters. The fourth-order valence-electron chi connectivity index (χ4n) is 2.71. The molecule has 0 aromatic heterocycles. The number of nitrogens with one attached hydrogen (secondary N) is 1. The van der Waals surface area contributed by atoms with Gasteiger partial charge < -0.3 is 10.2 Å². The molecule has 5 heteroatoms. The van der Waals surface area contributed by atoms with Crippen LogP contribution in [0.15, 0.2) is 4.99 Å². The highest BCUT2D eigenvalue weighted by atomic mass is 127. The first-order valence-electron chi connectivity index (χ1n) is 8.35. The summed E-state index contributed by atoms with van der Waals surface area (Å²) in [6.07, 6.45) is 2.58. The van der Waals surface area contributed by atoms with Crippen LogP contribution in [0.4, 0.5) is 0 Å². The van der Waals surface area contributed by atoms with E-state index in [1.165, 1.54) is 12.8 Å². The van der Waals surface area contributed by atoms with Crippen LogP contribution in [-0.2, 0) is 0 Å². The second-order valence-electron chi connectivity index (χ2n) is 6.13. The van der Waals surface area contributed by atoms with Gasteiger partial charge in [0.15, 0.2) is 5.96 Å². The average Bonchev–Trinajstić information content (AvgIpc) is 2.43. The normalized spacial score (nSPS) is 17.3. The molecule has 21 heavy (non-hydrogen) atoms. The molecule has 0 atom stereocenters. The zero-order valence-corrected chi connectivity index (χ0v) is 16.9. The lowest BCUT2D eigenvalue weighted by Crippen LogP contribution is -2.45. The molecule has 0 radical (unpaired) electrons. The van der Waals surface area contributed by atoms with Crippen LogP contribution in [0.5, 0.6) is 0 Å². The van der Waals surface area contributed by atoms with Gasteiger partial charge in [0.1, 0.15) is 0 Å². The van der Waals surface area contributed by atoms with Crippen LogP contribution >= 0.6 is 24.0 Å². The Kier molecular flexibility index (Phi) is 11.5. The van der Waals surface area contributed by atoms with Gasteiger partial charge in [-0.15, -0.1) is 24.0 Å². The molecular formula is C16H35IN4. The van der Waals surface area contributed by atoms with Crippen LogP contribution < -0.4 is 5.32 Å². The molecule has 0 saturated carbocycles. The SMILES string of the molecule is CCNC(=NCCN(CC)C(C)C)N1CCC(C)CC1.I. The number of aliphatic imine (C=N–C) groups is 1. The molecule has 1 heterocycles. The van der Waals surface area contributed by atoms with Gasteiger partial charge in [-0.25, -0.2) is 0 Å². The number of likely N-dealkylation sites (tertiary alicyclic amines) is 1. The fourth-order valence-corrected chi connectivity index (χ4v) is 2.71. The van der Waals surface area contributed by atoms with Gasteiger partial charge in [0.25, 0.3) is 0 Å². The first-order valence-corrected chi connectivity index (χ1v) is 8.35. The summed E-state index contributed by atoms with van der Waals surface area (Å²) in [4.78, 5) is 9.71. The summed E-state index contributed by atoms with van der Waals surface area (Å²) in [6, 6.07) is 0.605. The number of hydrogen-bond acceptors (Lipinski definition) is 2. The molecule has 126 valence electrons. The zero-order valence-electron chi connectivity index (χ0n) is 14.6. The zero-order chi connectivity index (χ0) is 15.0. The van der Waals surface area contributed by atoms with E-state index in [0.717, 1.165) is 51.1 Å². The standard InChI is InChI=1S/C16H34N4.HI/c1-6-17-16(20-11-8-15(5)9-12-20)18-10-13-19(7-2)14(3)4;/h14-15H,6-13H2,1-5H3,(H,17,18);1H. The van der Waals surface area contributed by atoms with E-state index < -0.39 is 0 Å². The van der Waals surface area contributed by atoms with Gasteiger partial charge in [0, 0.05) is 32.2 Å². The minimum Gasteiger partial charge on any atom is -0.357 e. The molecule has 4 nitrogen and oxygen atoms in total. The van der Waals surface area contributed by atoms with Gasteiger partial charge in [0.05, 0.1) is 6.54 Å². The van der Waals surface area contributed by atoms with E-state index in [1.54, 1.807) is 0 Å². The summed E-state index contributed by atoms with van der Waals surface area (Å²) in [5.41, 5.74) is 0. The molecule has 1 fully saturated rings. The van der Waals surface area contributed by atoms with Crippen molar-refractivity contribution in [1.82, 2.24) is 15.1 Å². The topological polar surface area (TPSA) is 30.9 Å². The van der Waals surface area contributed by atoms with E-state index in [1.807, 2.05) is 0 Å². The van der Waals surface area contributed by atoms with Gasteiger partial charge in [-0.05, 0) is 46.1 Å². The monoisotopic (exact) mass is 410 g/mol. The molecule has 0 amide bonds. The summed E-state index contributed by atoms with van der Waals surface area (Å²) < 4.78 is 0. The van der Waals surface area contributed by atoms with Gasteiger partial charge in [-0.3, -0.25) is 9.89 Å². The molecule has 1 aliphatic heterocycles. The van der Waals surface area contributed by atoms with Gasteiger partial charge >= 0.3 is 0 Å². The lowest BCUT2D eigenvalue weighted by molar-refractivity contribution is 0.239. The van der Waals surface area contributed by atoms with Crippen molar-refractivity contribution in [3.63, 3.8) is 0 Å². The van der Waals surface area contributed by atoms with Gasteiger partial charge in [0.2, 0.25) is 0 Å². The van der Waals surface area contributed by atoms with Crippen molar-refractivity contribution in [2.45, 2.75) is 53.5 Å². The predicted molar refractivity (Wildman–Crippen MR) is 104 cm³/mol. The summed E-state index contributed by atoms with van der Waals surface area (Å²) in [5.74, 6) is 1.98. The number of rotatable bonds is 6. The molecule has 0 aromatic carbocycles. The summed E-state index contributed by atoms with van der Waals surface area (Å²) in [7, 11) is 0. The lowest BCUT2D eigenvalue weighted by atomic mass is 10.00.